The van der Waals surface area contributed by atoms with Gasteiger partial charge in [0.2, 0.25) is 0 Å². The van der Waals surface area contributed by atoms with Gasteiger partial charge in [0.1, 0.15) is 5.69 Å². The van der Waals surface area contributed by atoms with E-state index in [1.165, 1.54) is 49.0 Å². The Morgan fingerprint density at radius 1 is 1.24 bits per heavy atom. The van der Waals surface area contributed by atoms with E-state index in [-0.39, 0.29) is 5.91 Å². The van der Waals surface area contributed by atoms with Crippen molar-refractivity contribution in [2.75, 3.05) is 20.1 Å². The van der Waals surface area contributed by atoms with Crippen molar-refractivity contribution < 1.29 is 4.79 Å². The van der Waals surface area contributed by atoms with E-state index in [1.807, 2.05) is 4.57 Å². The molecule has 0 radical (unpaired) electrons. The summed E-state index contributed by atoms with van der Waals surface area (Å²) in [6.07, 6.45) is 9.80. The number of amides is 1. The molecule has 1 aromatic heterocycles. The van der Waals surface area contributed by atoms with Crippen molar-refractivity contribution in [2.24, 2.45) is 0 Å². The van der Waals surface area contributed by atoms with Gasteiger partial charge in [-0.15, -0.1) is 0 Å². The molecule has 1 fully saturated rings. The lowest BCUT2D eigenvalue weighted by Crippen LogP contribution is -2.41. The monoisotopic (exact) mass is 338 g/mol. The second-order valence-electron chi connectivity index (χ2n) is 7.21. The molecule has 1 aliphatic heterocycles. The van der Waals surface area contributed by atoms with Gasteiger partial charge in [-0.05, 0) is 42.4 Å². The number of aromatic nitrogens is 2. The zero-order valence-corrected chi connectivity index (χ0v) is 14.9. The van der Waals surface area contributed by atoms with E-state index in [9.17, 15) is 4.79 Å². The number of carbonyl (C=O) groups is 1. The molecule has 1 aliphatic carbocycles. The molecule has 1 N–H and O–H groups in total. The Hall–Kier alpha value is -2.14. The molecule has 132 valence electrons. The van der Waals surface area contributed by atoms with E-state index in [0.717, 1.165) is 18.9 Å². The van der Waals surface area contributed by atoms with Gasteiger partial charge >= 0.3 is 0 Å². The molecule has 1 aromatic carbocycles. The second-order valence-corrected chi connectivity index (χ2v) is 7.21. The number of hydrogen-bond donors (Lipinski definition) is 1. The van der Waals surface area contributed by atoms with Gasteiger partial charge in [0.15, 0.2) is 0 Å². The minimum absolute atomic E-state index is 0.0941. The smallest absolute Gasteiger partial charge is 0.269 e. The number of nitrogens with zero attached hydrogens (tertiary/aromatic N) is 3. The van der Waals surface area contributed by atoms with Crippen LogP contribution >= 0.6 is 0 Å². The van der Waals surface area contributed by atoms with Gasteiger partial charge in [0.05, 0.1) is 12.5 Å². The Morgan fingerprint density at radius 3 is 2.76 bits per heavy atom. The fourth-order valence-corrected chi connectivity index (χ4v) is 3.97. The van der Waals surface area contributed by atoms with Crippen molar-refractivity contribution in [1.29, 1.82) is 0 Å². The van der Waals surface area contributed by atoms with Crippen LogP contribution in [0.25, 0.3) is 0 Å². The van der Waals surface area contributed by atoms with Crippen LogP contribution < -0.4 is 5.32 Å². The molecule has 5 heteroatoms. The zero-order chi connectivity index (χ0) is 17.2. The minimum atomic E-state index is -0.0941. The summed E-state index contributed by atoms with van der Waals surface area (Å²) in [6, 6.07) is 7.64. The van der Waals surface area contributed by atoms with Crippen LogP contribution in [0.2, 0.25) is 0 Å². The van der Waals surface area contributed by atoms with Crippen molar-refractivity contribution in [1.82, 2.24) is 19.8 Å². The average Bonchev–Trinajstić information content (AvgIpc) is 2.94. The summed E-state index contributed by atoms with van der Waals surface area (Å²) in [4.78, 5) is 18.7. The first-order valence-electron chi connectivity index (χ1n) is 9.31. The molecule has 25 heavy (non-hydrogen) atoms. The SMILES string of the molecule is CNC(=O)c1cncn1Cc1ccc2c(c1)CCN(C1CCC1)CC2. The van der Waals surface area contributed by atoms with Crippen LogP contribution in [0.15, 0.2) is 30.7 Å². The Bertz CT molecular complexity index is 763. The van der Waals surface area contributed by atoms with Gasteiger partial charge in [0, 0.05) is 32.7 Å². The number of rotatable bonds is 4. The quantitative estimate of drug-likeness (QED) is 0.930. The van der Waals surface area contributed by atoms with Crippen molar-refractivity contribution in [2.45, 2.75) is 44.7 Å². The summed E-state index contributed by atoms with van der Waals surface area (Å²) < 4.78 is 1.91. The number of nitrogens with one attached hydrogen (secondary N) is 1. The van der Waals surface area contributed by atoms with Gasteiger partial charge in [-0.1, -0.05) is 24.6 Å². The average molecular weight is 338 g/mol. The van der Waals surface area contributed by atoms with Gasteiger partial charge < -0.3 is 9.88 Å². The Morgan fingerprint density at radius 2 is 2.04 bits per heavy atom. The van der Waals surface area contributed by atoms with Crippen LogP contribution in [-0.2, 0) is 19.4 Å². The predicted octanol–water partition coefficient (Wildman–Crippen LogP) is 2.24. The number of benzene rings is 1. The molecule has 0 bridgehead atoms. The standard InChI is InChI=1S/C20H26N4O/c1-21-20(25)19-12-22-14-24(19)13-15-5-6-16-7-9-23(18-3-2-4-18)10-8-17(16)11-15/h5-6,11-12,14,18H,2-4,7-10,13H2,1H3,(H,21,25). The Labute approximate surface area is 149 Å². The van der Waals surface area contributed by atoms with Crippen molar-refractivity contribution in [3.05, 3.63) is 53.1 Å². The lowest BCUT2D eigenvalue weighted by molar-refractivity contribution is 0.0954. The number of imidazole rings is 1. The molecule has 0 unspecified atom stereocenters. The van der Waals surface area contributed by atoms with Gasteiger partial charge in [0.25, 0.3) is 5.91 Å². The molecular formula is C20H26N4O. The third-order valence-corrected chi connectivity index (χ3v) is 5.72. The van der Waals surface area contributed by atoms with Gasteiger partial charge in [-0.25, -0.2) is 4.98 Å². The van der Waals surface area contributed by atoms with Crippen LogP contribution in [0, 0.1) is 0 Å². The van der Waals surface area contributed by atoms with E-state index in [2.05, 4.69) is 33.4 Å². The fourth-order valence-electron chi connectivity index (χ4n) is 3.97. The molecule has 2 aromatic rings. The summed E-state index contributed by atoms with van der Waals surface area (Å²) in [6.45, 7) is 3.05. The van der Waals surface area contributed by atoms with E-state index in [4.69, 9.17) is 0 Å². The van der Waals surface area contributed by atoms with Crippen LogP contribution in [-0.4, -0.2) is 46.5 Å². The highest BCUT2D eigenvalue weighted by atomic mass is 16.1. The Kier molecular flexibility index (Phi) is 4.57. The first kappa shape index (κ1) is 16.3. The topological polar surface area (TPSA) is 50.2 Å². The normalized spacial score (nSPS) is 18.3. The van der Waals surface area contributed by atoms with Crippen LogP contribution in [0.1, 0.15) is 46.4 Å². The summed E-state index contributed by atoms with van der Waals surface area (Å²) >= 11 is 0. The molecule has 2 heterocycles. The maximum absolute atomic E-state index is 11.9. The maximum Gasteiger partial charge on any atom is 0.269 e. The van der Waals surface area contributed by atoms with E-state index >= 15 is 0 Å². The largest absolute Gasteiger partial charge is 0.354 e. The number of fused-ring (bicyclic) bond motifs is 1. The maximum atomic E-state index is 11.9. The van der Waals surface area contributed by atoms with E-state index < -0.39 is 0 Å². The van der Waals surface area contributed by atoms with Crippen LogP contribution in [0.3, 0.4) is 0 Å². The highest BCUT2D eigenvalue weighted by Crippen LogP contribution is 2.27. The molecule has 0 spiro atoms. The molecule has 0 atom stereocenters. The fraction of sp³-hybridized carbons (Fsp3) is 0.500. The summed E-state index contributed by atoms with van der Waals surface area (Å²) in [5, 5.41) is 2.67. The van der Waals surface area contributed by atoms with Gasteiger partial charge in [-0.3, -0.25) is 9.69 Å². The van der Waals surface area contributed by atoms with Crippen molar-refractivity contribution >= 4 is 5.91 Å². The third-order valence-electron chi connectivity index (χ3n) is 5.72. The highest BCUT2D eigenvalue weighted by Gasteiger charge is 2.26. The summed E-state index contributed by atoms with van der Waals surface area (Å²) in [5.41, 5.74) is 4.80. The molecule has 4 rings (SSSR count). The van der Waals surface area contributed by atoms with Crippen molar-refractivity contribution in [3.8, 4) is 0 Å². The first-order chi connectivity index (χ1) is 12.2. The molecule has 2 aliphatic rings. The van der Waals surface area contributed by atoms with Gasteiger partial charge in [-0.2, -0.15) is 0 Å². The van der Waals surface area contributed by atoms with E-state index in [1.54, 1.807) is 19.6 Å². The zero-order valence-electron chi connectivity index (χ0n) is 14.9. The summed E-state index contributed by atoms with van der Waals surface area (Å²) in [5.74, 6) is -0.0941. The molecule has 5 nitrogen and oxygen atoms in total. The lowest BCUT2D eigenvalue weighted by Gasteiger charge is -2.36. The minimum Gasteiger partial charge on any atom is -0.354 e. The van der Waals surface area contributed by atoms with Crippen LogP contribution in [0.4, 0.5) is 0 Å². The lowest BCUT2D eigenvalue weighted by atomic mass is 9.91. The third kappa shape index (κ3) is 3.33. The Balaban J connectivity index is 1.49. The molecule has 1 saturated carbocycles. The van der Waals surface area contributed by atoms with Crippen LogP contribution in [0.5, 0.6) is 0 Å². The highest BCUT2D eigenvalue weighted by molar-refractivity contribution is 5.92. The second kappa shape index (κ2) is 7.00. The molecule has 0 saturated heterocycles. The summed E-state index contributed by atoms with van der Waals surface area (Å²) in [7, 11) is 1.65. The number of hydrogen-bond acceptors (Lipinski definition) is 3. The molecular weight excluding hydrogens is 312 g/mol. The first-order valence-corrected chi connectivity index (χ1v) is 9.31. The van der Waals surface area contributed by atoms with Crippen molar-refractivity contribution in [3.63, 3.8) is 0 Å². The number of carbonyl (C=O) groups excluding carboxylic acids is 1. The predicted molar refractivity (Wildman–Crippen MR) is 97.8 cm³/mol. The molecule has 1 amide bonds. The van der Waals surface area contributed by atoms with E-state index in [0.29, 0.717) is 12.2 Å².